The maximum atomic E-state index is 13.5. The van der Waals surface area contributed by atoms with Crippen molar-refractivity contribution in [3.05, 3.63) is 36.3 Å². The Morgan fingerprint density at radius 3 is 2.71 bits per heavy atom. The Morgan fingerprint density at radius 1 is 1.24 bits per heavy atom. The van der Waals surface area contributed by atoms with Gasteiger partial charge >= 0.3 is 0 Å². The number of halogens is 1. The summed E-state index contributed by atoms with van der Waals surface area (Å²) in [6.45, 7) is 1.69. The van der Waals surface area contributed by atoms with Crippen molar-refractivity contribution >= 4 is 11.6 Å². The molecule has 0 aliphatic carbocycles. The van der Waals surface area contributed by atoms with Crippen LogP contribution in [0.3, 0.4) is 0 Å². The standard InChI is InChI=1S/C15H18FN5/c16-11-3-1-2-10(8-11)14-13(9-19-15(18)20-14)21-6-4-12(17)5-7-21/h1-3,8-9,12H,4-7,17H2,(H2,18,19,20). The van der Waals surface area contributed by atoms with E-state index in [1.807, 2.05) is 6.07 Å². The number of hydrogen-bond donors (Lipinski definition) is 2. The minimum absolute atomic E-state index is 0.187. The van der Waals surface area contributed by atoms with Gasteiger partial charge in [0.1, 0.15) is 5.82 Å². The van der Waals surface area contributed by atoms with E-state index >= 15 is 0 Å². The zero-order chi connectivity index (χ0) is 14.8. The highest BCUT2D eigenvalue weighted by Gasteiger charge is 2.20. The molecule has 1 aromatic heterocycles. The van der Waals surface area contributed by atoms with Gasteiger partial charge in [0.25, 0.3) is 0 Å². The predicted molar refractivity (Wildman–Crippen MR) is 81.3 cm³/mol. The van der Waals surface area contributed by atoms with E-state index in [2.05, 4.69) is 14.9 Å². The number of benzene rings is 1. The van der Waals surface area contributed by atoms with E-state index in [0.717, 1.165) is 31.6 Å². The average molecular weight is 287 g/mol. The van der Waals surface area contributed by atoms with Crippen LogP contribution in [0.1, 0.15) is 12.8 Å². The van der Waals surface area contributed by atoms with E-state index in [4.69, 9.17) is 11.5 Å². The molecule has 1 aliphatic rings. The van der Waals surface area contributed by atoms with Crippen LogP contribution in [-0.2, 0) is 0 Å². The van der Waals surface area contributed by atoms with Gasteiger partial charge in [-0.3, -0.25) is 0 Å². The first-order valence-electron chi connectivity index (χ1n) is 7.02. The molecule has 5 nitrogen and oxygen atoms in total. The largest absolute Gasteiger partial charge is 0.368 e. The lowest BCUT2D eigenvalue weighted by molar-refractivity contribution is 0.501. The van der Waals surface area contributed by atoms with Gasteiger partial charge in [0.05, 0.1) is 17.6 Å². The van der Waals surface area contributed by atoms with Crippen LogP contribution in [0.4, 0.5) is 16.0 Å². The molecule has 2 heterocycles. The molecule has 0 spiro atoms. The van der Waals surface area contributed by atoms with Crippen molar-refractivity contribution in [2.45, 2.75) is 18.9 Å². The Morgan fingerprint density at radius 2 is 2.00 bits per heavy atom. The molecule has 110 valence electrons. The van der Waals surface area contributed by atoms with E-state index in [1.54, 1.807) is 12.3 Å². The second-order valence-electron chi connectivity index (χ2n) is 5.30. The molecule has 4 N–H and O–H groups in total. The summed E-state index contributed by atoms with van der Waals surface area (Å²) in [7, 11) is 0. The predicted octanol–water partition coefficient (Wildman–Crippen LogP) is 1.79. The van der Waals surface area contributed by atoms with Crippen molar-refractivity contribution in [1.82, 2.24) is 9.97 Å². The van der Waals surface area contributed by atoms with Crippen molar-refractivity contribution in [3.8, 4) is 11.3 Å². The SMILES string of the molecule is Nc1ncc(N2CCC(N)CC2)c(-c2cccc(F)c2)n1. The Kier molecular flexibility index (Phi) is 3.70. The van der Waals surface area contributed by atoms with E-state index in [0.29, 0.717) is 11.3 Å². The van der Waals surface area contributed by atoms with Gasteiger partial charge in [-0.25, -0.2) is 14.4 Å². The van der Waals surface area contributed by atoms with Crippen LogP contribution < -0.4 is 16.4 Å². The molecule has 3 rings (SSSR count). The Labute approximate surface area is 122 Å². The summed E-state index contributed by atoms with van der Waals surface area (Å²) in [6, 6.07) is 6.60. The minimum atomic E-state index is -0.295. The molecular weight excluding hydrogens is 269 g/mol. The molecule has 2 aromatic rings. The molecule has 0 radical (unpaired) electrons. The minimum Gasteiger partial charge on any atom is -0.368 e. The quantitative estimate of drug-likeness (QED) is 0.880. The second-order valence-corrected chi connectivity index (χ2v) is 5.30. The van der Waals surface area contributed by atoms with Crippen molar-refractivity contribution in [3.63, 3.8) is 0 Å². The smallest absolute Gasteiger partial charge is 0.220 e. The van der Waals surface area contributed by atoms with E-state index in [9.17, 15) is 4.39 Å². The lowest BCUT2D eigenvalue weighted by Crippen LogP contribution is -2.40. The van der Waals surface area contributed by atoms with Gasteiger partial charge in [-0.05, 0) is 25.0 Å². The van der Waals surface area contributed by atoms with Crippen molar-refractivity contribution < 1.29 is 4.39 Å². The topological polar surface area (TPSA) is 81.1 Å². The van der Waals surface area contributed by atoms with Crippen LogP contribution in [0, 0.1) is 5.82 Å². The zero-order valence-corrected chi connectivity index (χ0v) is 11.7. The molecule has 1 fully saturated rings. The number of nitrogen functional groups attached to an aromatic ring is 1. The lowest BCUT2D eigenvalue weighted by atomic mass is 10.0. The Bertz CT molecular complexity index is 638. The third-order valence-corrected chi connectivity index (χ3v) is 3.77. The Balaban J connectivity index is 2.01. The van der Waals surface area contributed by atoms with Crippen LogP contribution in [-0.4, -0.2) is 29.1 Å². The number of hydrogen-bond acceptors (Lipinski definition) is 5. The molecule has 1 aromatic carbocycles. The fourth-order valence-electron chi connectivity index (χ4n) is 2.61. The molecule has 0 atom stereocenters. The third-order valence-electron chi connectivity index (χ3n) is 3.77. The fraction of sp³-hybridized carbons (Fsp3) is 0.333. The van der Waals surface area contributed by atoms with Gasteiger partial charge < -0.3 is 16.4 Å². The first-order valence-corrected chi connectivity index (χ1v) is 7.02. The molecule has 1 saturated heterocycles. The Hall–Kier alpha value is -2.21. The second kappa shape index (κ2) is 5.65. The molecule has 0 amide bonds. The number of anilines is 2. The molecule has 0 bridgehead atoms. The summed E-state index contributed by atoms with van der Waals surface area (Å²) in [5.74, 6) is -0.108. The first kappa shape index (κ1) is 13.8. The zero-order valence-electron chi connectivity index (χ0n) is 11.7. The molecule has 1 aliphatic heterocycles. The van der Waals surface area contributed by atoms with E-state index < -0.39 is 0 Å². The van der Waals surface area contributed by atoms with Crippen LogP contribution >= 0.6 is 0 Å². The summed E-state index contributed by atoms with van der Waals surface area (Å²) in [4.78, 5) is 10.6. The number of rotatable bonds is 2. The van der Waals surface area contributed by atoms with E-state index in [-0.39, 0.29) is 17.8 Å². The number of nitrogens with two attached hydrogens (primary N) is 2. The van der Waals surface area contributed by atoms with Gasteiger partial charge in [-0.15, -0.1) is 0 Å². The van der Waals surface area contributed by atoms with Crippen LogP contribution in [0.2, 0.25) is 0 Å². The maximum absolute atomic E-state index is 13.5. The summed E-state index contributed by atoms with van der Waals surface area (Å²) in [6.07, 6.45) is 3.55. The molecule has 0 saturated carbocycles. The van der Waals surface area contributed by atoms with Crippen LogP contribution in [0.15, 0.2) is 30.5 Å². The average Bonchev–Trinajstić information content (AvgIpc) is 2.48. The maximum Gasteiger partial charge on any atom is 0.220 e. The van der Waals surface area contributed by atoms with Crippen molar-refractivity contribution in [1.29, 1.82) is 0 Å². The number of aromatic nitrogens is 2. The van der Waals surface area contributed by atoms with Gasteiger partial charge in [-0.1, -0.05) is 12.1 Å². The van der Waals surface area contributed by atoms with Crippen molar-refractivity contribution in [2.24, 2.45) is 5.73 Å². The third kappa shape index (κ3) is 2.95. The van der Waals surface area contributed by atoms with E-state index in [1.165, 1.54) is 12.1 Å². The van der Waals surface area contributed by atoms with Gasteiger partial charge in [0.15, 0.2) is 0 Å². The van der Waals surface area contributed by atoms with Gasteiger partial charge in [-0.2, -0.15) is 0 Å². The summed E-state index contributed by atoms with van der Waals surface area (Å²) >= 11 is 0. The first-order chi connectivity index (χ1) is 10.1. The highest BCUT2D eigenvalue weighted by atomic mass is 19.1. The van der Waals surface area contributed by atoms with Crippen LogP contribution in [0.25, 0.3) is 11.3 Å². The summed E-state index contributed by atoms with van der Waals surface area (Å²) in [5, 5.41) is 0. The monoisotopic (exact) mass is 287 g/mol. The molecule has 0 unspecified atom stereocenters. The summed E-state index contributed by atoms with van der Waals surface area (Å²) < 4.78 is 13.5. The van der Waals surface area contributed by atoms with Crippen LogP contribution in [0.5, 0.6) is 0 Å². The lowest BCUT2D eigenvalue weighted by Gasteiger charge is -2.32. The molecule has 6 heteroatoms. The molecular formula is C15H18FN5. The fourth-order valence-corrected chi connectivity index (χ4v) is 2.61. The van der Waals surface area contributed by atoms with Gasteiger partial charge in [0, 0.05) is 24.7 Å². The van der Waals surface area contributed by atoms with Crippen molar-refractivity contribution in [2.75, 3.05) is 23.7 Å². The highest BCUT2D eigenvalue weighted by molar-refractivity contribution is 5.75. The normalized spacial score (nSPS) is 16.2. The number of piperidine rings is 1. The summed E-state index contributed by atoms with van der Waals surface area (Å²) in [5.41, 5.74) is 13.9. The molecule has 21 heavy (non-hydrogen) atoms. The highest BCUT2D eigenvalue weighted by Crippen LogP contribution is 2.31. The number of nitrogens with zero attached hydrogens (tertiary/aromatic N) is 3. The van der Waals surface area contributed by atoms with Gasteiger partial charge in [0.2, 0.25) is 5.95 Å².